The van der Waals surface area contributed by atoms with Crippen LogP contribution in [-0.4, -0.2) is 44.6 Å². The standard InChI is InChI=1S/C21H21F2N5O4/c1-21-11-27-18(28(21)3-4-30-12-21)7-17(25-20(27)29)31-10-13-5-15(22)19(16(23)6-13)32-14-8-24-26(2)9-14/h5-9H,3-4,10-12H2,1-2H3/t21-/m1/s1. The lowest BCUT2D eigenvalue weighted by Gasteiger charge is -2.39. The van der Waals surface area contributed by atoms with E-state index in [0.29, 0.717) is 32.1 Å². The Morgan fingerprint density at radius 3 is 2.75 bits per heavy atom. The second kappa shape index (κ2) is 7.59. The molecular formula is C21H21F2N5O4. The number of morpholine rings is 1. The van der Waals surface area contributed by atoms with E-state index >= 15 is 0 Å². The van der Waals surface area contributed by atoms with Gasteiger partial charge in [0.05, 0.1) is 37.7 Å². The normalized spacial score (nSPS) is 19.6. The summed E-state index contributed by atoms with van der Waals surface area (Å²) in [6, 6.07) is 3.91. The highest BCUT2D eigenvalue weighted by atomic mass is 19.1. The van der Waals surface area contributed by atoms with E-state index in [4.69, 9.17) is 14.2 Å². The first-order valence-corrected chi connectivity index (χ1v) is 10.1. The molecule has 1 fully saturated rings. The molecule has 5 rings (SSSR count). The van der Waals surface area contributed by atoms with Gasteiger partial charge in [0.1, 0.15) is 12.4 Å². The molecule has 1 aromatic carbocycles. The van der Waals surface area contributed by atoms with Crippen molar-refractivity contribution in [3.63, 3.8) is 0 Å². The van der Waals surface area contributed by atoms with Crippen LogP contribution in [0, 0.1) is 11.6 Å². The molecule has 11 heteroatoms. The number of fused-ring (bicyclic) bond motifs is 3. The number of aromatic nitrogens is 4. The van der Waals surface area contributed by atoms with Gasteiger partial charge in [0.25, 0.3) is 0 Å². The molecule has 1 saturated heterocycles. The van der Waals surface area contributed by atoms with Gasteiger partial charge in [-0.1, -0.05) is 0 Å². The molecule has 168 valence electrons. The Balaban J connectivity index is 1.34. The highest BCUT2D eigenvalue weighted by Crippen LogP contribution is 2.35. The van der Waals surface area contributed by atoms with Gasteiger partial charge >= 0.3 is 5.69 Å². The van der Waals surface area contributed by atoms with Crippen LogP contribution in [0.15, 0.2) is 35.4 Å². The van der Waals surface area contributed by atoms with Gasteiger partial charge in [0.2, 0.25) is 5.88 Å². The van der Waals surface area contributed by atoms with Crippen molar-refractivity contribution >= 4 is 5.82 Å². The summed E-state index contributed by atoms with van der Waals surface area (Å²) in [7, 11) is 1.67. The lowest BCUT2D eigenvalue weighted by Crippen LogP contribution is -2.53. The van der Waals surface area contributed by atoms with Crippen molar-refractivity contribution in [2.45, 2.75) is 25.6 Å². The summed E-state index contributed by atoms with van der Waals surface area (Å²) in [4.78, 5) is 18.6. The highest BCUT2D eigenvalue weighted by molar-refractivity contribution is 5.50. The first-order chi connectivity index (χ1) is 15.3. The number of hydrogen-bond acceptors (Lipinski definition) is 7. The molecule has 1 atom stereocenters. The average Bonchev–Trinajstić information content (AvgIpc) is 3.29. The first-order valence-electron chi connectivity index (χ1n) is 10.1. The number of rotatable bonds is 5. The fraction of sp³-hybridized carbons (Fsp3) is 0.381. The number of nitrogens with zero attached hydrogens (tertiary/aromatic N) is 5. The van der Waals surface area contributed by atoms with Crippen molar-refractivity contribution in [3.8, 4) is 17.4 Å². The predicted molar refractivity (Wildman–Crippen MR) is 109 cm³/mol. The fourth-order valence-electron chi connectivity index (χ4n) is 4.10. The van der Waals surface area contributed by atoms with Gasteiger partial charge in [-0.25, -0.2) is 13.6 Å². The van der Waals surface area contributed by atoms with E-state index in [1.807, 2.05) is 6.92 Å². The SMILES string of the molecule is Cn1cc(Oc2c(F)cc(COc3cc4n(c(=O)n3)C[C@]3(C)COCCN43)cc2F)cn1. The molecule has 2 aromatic heterocycles. The van der Waals surface area contributed by atoms with Gasteiger partial charge in [-0.05, 0) is 24.6 Å². The maximum absolute atomic E-state index is 14.5. The van der Waals surface area contributed by atoms with Crippen LogP contribution in [-0.2, 0) is 24.9 Å². The summed E-state index contributed by atoms with van der Waals surface area (Å²) in [6.45, 7) is 4.05. The van der Waals surface area contributed by atoms with Crippen LogP contribution in [0.25, 0.3) is 0 Å². The molecule has 9 nitrogen and oxygen atoms in total. The van der Waals surface area contributed by atoms with Crippen molar-refractivity contribution in [1.82, 2.24) is 19.3 Å². The van der Waals surface area contributed by atoms with Crippen molar-refractivity contribution in [3.05, 3.63) is 58.3 Å². The minimum Gasteiger partial charge on any atom is -0.473 e. The van der Waals surface area contributed by atoms with E-state index in [1.165, 1.54) is 17.1 Å². The Hall–Kier alpha value is -3.47. The fourth-order valence-corrected chi connectivity index (χ4v) is 4.10. The number of anilines is 1. The Bertz CT molecular complexity index is 1220. The van der Waals surface area contributed by atoms with Crippen LogP contribution in [0.3, 0.4) is 0 Å². The van der Waals surface area contributed by atoms with Crippen LogP contribution < -0.4 is 20.1 Å². The number of ether oxygens (including phenoxy) is 3. The second-order valence-electron chi connectivity index (χ2n) is 8.15. The Labute approximate surface area is 181 Å². The number of benzene rings is 1. The molecule has 3 aromatic rings. The van der Waals surface area contributed by atoms with E-state index < -0.39 is 23.1 Å². The van der Waals surface area contributed by atoms with E-state index in [1.54, 1.807) is 17.7 Å². The van der Waals surface area contributed by atoms with Gasteiger partial charge in [0, 0.05) is 19.7 Å². The molecular weight excluding hydrogens is 424 g/mol. The third-order valence-electron chi connectivity index (χ3n) is 5.61. The zero-order valence-corrected chi connectivity index (χ0v) is 17.5. The van der Waals surface area contributed by atoms with E-state index in [0.717, 1.165) is 12.1 Å². The smallest absolute Gasteiger partial charge is 0.352 e. The number of aryl methyl sites for hydroxylation is 1. The first kappa shape index (κ1) is 20.4. The monoisotopic (exact) mass is 445 g/mol. The summed E-state index contributed by atoms with van der Waals surface area (Å²) < 4.78 is 48.4. The van der Waals surface area contributed by atoms with Crippen LogP contribution in [0.5, 0.6) is 17.4 Å². The summed E-state index contributed by atoms with van der Waals surface area (Å²) in [5.41, 5.74) is -0.524. The summed E-state index contributed by atoms with van der Waals surface area (Å²) in [6.07, 6.45) is 2.85. The minimum atomic E-state index is -0.876. The Morgan fingerprint density at radius 2 is 2.03 bits per heavy atom. The minimum absolute atomic E-state index is 0.0912. The summed E-state index contributed by atoms with van der Waals surface area (Å²) in [5.74, 6) is -1.27. The van der Waals surface area contributed by atoms with Gasteiger partial charge in [-0.2, -0.15) is 10.1 Å². The molecule has 0 unspecified atom stereocenters. The topological polar surface area (TPSA) is 83.6 Å². The van der Waals surface area contributed by atoms with Crippen LogP contribution >= 0.6 is 0 Å². The molecule has 2 aliphatic heterocycles. The van der Waals surface area contributed by atoms with Crippen molar-refractivity contribution in [1.29, 1.82) is 0 Å². The van der Waals surface area contributed by atoms with Crippen LogP contribution in [0.4, 0.5) is 14.6 Å². The molecule has 0 aliphatic carbocycles. The zero-order valence-electron chi connectivity index (χ0n) is 17.5. The van der Waals surface area contributed by atoms with E-state index in [-0.39, 0.29) is 29.3 Å². The molecule has 0 spiro atoms. The number of hydrogen-bond donors (Lipinski definition) is 0. The quantitative estimate of drug-likeness (QED) is 0.596. The largest absolute Gasteiger partial charge is 0.473 e. The molecule has 0 radical (unpaired) electrons. The third kappa shape index (κ3) is 3.58. The lowest BCUT2D eigenvalue weighted by molar-refractivity contribution is 0.0586. The highest BCUT2D eigenvalue weighted by Gasteiger charge is 2.43. The summed E-state index contributed by atoms with van der Waals surface area (Å²) in [5, 5.41) is 3.90. The maximum atomic E-state index is 14.5. The van der Waals surface area contributed by atoms with Gasteiger partial charge < -0.3 is 19.1 Å². The number of halogens is 2. The van der Waals surface area contributed by atoms with Crippen LogP contribution in [0.1, 0.15) is 12.5 Å². The molecule has 32 heavy (non-hydrogen) atoms. The van der Waals surface area contributed by atoms with E-state index in [9.17, 15) is 13.6 Å². The zero-order chi connectivity index (χ0) is 22.5. The van der Waals surface area contributed by atoms with Crippen molar-refractivity contribution in [2.24, 2.45) is 7.05 Å². The molecule has 0 saturated carbocycles. The van der Waals surface area contributed by atoms with Gasteiger partial charge in [0.15, 0.2) is 23.1 Å². The molecule has 0 N–H and O–H groups in total. The Morgan fingerprint density at radius 1 is 1.25 bits per heavy atom. The lowest BCUT2D eigenvalue weighted by atomic mass is 10.0. The maximum Gasteiger partial charge on any atom is 0.352 e. The average molecular weight is 445 g/mol. The van der Waals surface area contributed by atoms with Gasteiger partial charge in [-0.15, -0.1) is 0 Å². The Kier molecular flexibility index (Phi) is 4.85. The molecule has 0 bridgehead atoms. The third-order valence-corrected chi connectivity index (χ3v) is 5.61. The van der Waals surface area contributed by atoms with Gasteiger partial charge in [-0.3, -0.25) is 9.25 Å². The molecule has 4 heterocycles. The predicted octanol–water partition coefficient (Wildman–Crippen LogP) is 2.24. The van der Waals surface area contributed by atoms with E-state index in [2.05, 4.69) is 15.0 Å². The molecule has 2 aliphatic rings. The summed E-state index contributed by atoms with van der Waals surface area (Å²) >= 11 is 0. The van der Waals surface area contributed by atoms with Crippen molar-refractivity contribution < 1.29 is 23.0 Å². The van der Waals surface area contributed by atoms with Crippen LogP contribution in [0.2, 0.25) is 0 Å². The van der Waals surface area contributed by atoms with Crippen molar-refractivity contribution in [2.75, 3.05) is 24.7 Å². The molecule has 0 amide bonds. The second-order valence-corrected chi connectivity index (χ2v) is 8.15.